The van der Waals surface area contributed by atoms with Gasteiger partial charge in [0.15, 0.2) is 5.79 Å². The van der Waals surface area contributed by atoms with Gasteiger partial charge in [-0.25, -0.2) is 4.79 Å². The van der Waals surface area contributed by atoms with E-state index in [4.69, 9.17) is 25.8 Å². The van der Waals surface area contributed by atoms with Gasteiger partial charge in [0.2, 0.25) is 0 Å². The van der Waals surface area contributed by atoms with Gasteiger partial charge < -0.3 is 14.2 Å². The second-order valence-electron chi connectivity index (χ2n) is 4.31. The summed E-state index contributed by atoms with van der Waals surface area (Å²) in [7, 11) is 0. The molecule has 0 unspecified atom stereocenters. The van der Waals surface area contributed by atoms with Crippen molar-refractivity contribution in [2.75, 3.05) is 19.8 Å². The molecular formula is C9H15ClO4. The van der Waals surface area contributed by atoms with Gasteiger partial charge in [-0.1, -0.05) is 6.92 Å². The highest BCUT2D eigenvalue weighted by molar-refractivity contribution is 6.61. The Bertz CT molecular complexity index is 217. The fourth-order valence-electron chi connectivity index (χ4n) is 1.09. The van der Waals surface area contributed by atoms with Gasteiger partial charge in [-0.15, -0.1) is 0 Å². The topological polar surface area (TPSA) is 44.8 Å². The Morgan fingerprint density at radius 3 is 2.29 bits per heavy atom. The summed E-state index contributed by atoms with van der Waals surface area (Å²) in [4.78, 5) is 10.4. The molecule has 1 fully saturated rings. The molecule has 0 spiro atoms. The van der Waals surface area contributed by atoms with Crippen LogP contribution in [0.15, 0.2) is 0 Å². The predicted molar refractivity (Wildman–Crippen MR) is 51.3 cm³/mol. The van der Waals surface area contributed by atoms with Gasteiger partial charge in [-0.05, 0) is 13.8 Å². The van der Waals surface area contributed by atoms with Gasteiger partial charge >= 0.3 is 5.43 Å². The average molecular weight is 223 g/mol. The molecule has 1 saturated heterocycles. The van der Waals surface area contributed by atoms with E-state index in [0.29, 0.717) is 13.2 Å². The molecular weight excluding hydrogens is 208 g/mol. The Hall–Kier alpha value is -0.320. The van der Waals surface area contributed by atoms with Crippen molar-refractivity contribution in [1.29, 1.82) is 0 Å². The maximum absolute atomic E-state index is 10.4. The van der Waals surface area contributed by atoms with E-state index in [1.165, 1.54) is 0 Å². The summed E-state index contributed by atoms with van der Waals surface area (Å²) < 4.78 is 15.6. The van der Waals surface area contributed by atoms with Gasteiger partial charge in [0.25, 0.3) is 0 Å². The van der Waals surface area contributed by atoms with Crippen LogP contribution in [-0.2, 0) is 14.2 Å². The zero-order chi connectivity index (χ0) is 10.8. The van der Waals surface area contributed by atoms with E-state index in [1.54, 1.807) is 0 Å². The van der Waals surface area contributed by atoms with Crippen molar-refractivity contribution in [3.8, 4) is 0 Å². The van der Waals surface area contributed by atoms with Crippen LogP contribution < -0.4 is 0 Å². The van der Waals surface area contributed by atoms with Gasteiger partial charge in [-0.2, -0.15) is 0 Å². The van der Waals surface area contributed by atoms with Crippen LogP contribution >= 0.6 is 11.6 Å². The standard InChI is InChI=1S/C9H15ClO4/c1-8(2)13-5-9(3,6-14-8)4-12-7(10)11/h4-6H2,1-3H3. The summed E-state index contributed by atoms with van der Waals surface area (Å²) in [6.45, 7) is 6.81. The Balaban J connectivity index is 2.41. The molecule has 0 amide bonds. The molecule has 5 heteroatoms. The Kier molecular flexibility index (Phi) is 3.40. The second kappa shape index (κ2) is 4.04. The first-order valence-corrected chi connectivity index (χ1v) is 4.81. The highest BCUT2D eigenvalue weighted by Gasteiger charge is 2.37. The third-order valence-electron chi connectivity index (χ3n) is 2.07. The molecule has 0 saturated carbocycles. The van der Waals surface area contributed by atoms with Crippen molar-refractivity contribution in [3.63, 3.8) is 0 Å². The molecule has 1 rings (SSSR count). The van der Waals surface area contributed by atoms with Crippen molar-refractivity contribution in [1.82, 2.24) is 0 Å². The minimum absolute atomic E-state index is 0.214. The van der Waals surface area contributed by atoms with Crippen LogP contribution in [0.5, 0.6) is 0 Å². The van der Waals surface area contributed by atoms with Crippen molar-refractivity contribution in [2.45, 2.75) is 26.6 Å². The van der Waals surface area contributed by atoms with Crippen molar-refractivity contribution in [2.24, 2.45) is 5.41 Å². The van der Waals surface area contributed by atoms with Crippen molar-refractivity contribution >= 4 is 17.0 Å². The average Bonchev–Trinajstić information content (AvgIpc) is 2.08. The molecule has 1 heterocycles. The third-order valence-corrected chi connectivity index (χ3v) is 2.18. The highest BCUT2D eigenvalue weighted by atomic mass is 35.5. The SMILES string of the molecule is CC1(COC(=O)Cl)COC(C)(C)OC1. The molecule has 0 atom stereocenters. The van der Waals surface area contributed by atoms with E-state index in [-0.39, 0.29) is 12.0 Å². The monoisotopic (exact) mass is 222 g/mol. The number of rotatable bonds is 2. The first kappa shape index (κ1) is 11.8. The predicted octanol–water partition coefficient (Wildman–Crippen LogP) is 2.15. The quantitative estimate of drug-likeness (QED) is 0.672. The lowest BCUT2D eigenvalue weighted by molar-refractivity contribution is -0.286. The van der Waals surface area contributed by atoms with E-state index in [2.05, 4.69) is 0 Å². The molecule has 0 aliphatic carbocycles. The highest BCUT2D eigenvalue weighted by Crippen LogP contribution is 2.29. The lowest BCUT2D eigenvalue weighted by Crippen LogP contribution is -2.47. The van der Waals surface area contributed by atoms with Gasteiger partial charge in [-0.3, -0.25) is 0 Å². The number of hydrogen-bond donors (Lipinski definition) is 0. The van der Waals surface area contributed by atoms with Gasteiger partial charge in [0.05, 0.1) is 13.2 Å². The fourth-order valence-corrected chi connectivity index (χ4v) is 1.15. The lowest BCUT2D eigenvalue weighted by atomic mass is 9.93. The van der Waals surface area contributed by atoms with E-state index < -0.39 is 11.2 Å². The van der Waals surface area contributed by atoms with Crippen LogP contribution in [0.1, 0.15) is 20.8 Å². The van der Waals surface area contributed by atoms with Crippen LogP contribution in [0.25, 0.3) is 0 Å². The summed E-state index contributed by atoms with van der Waals surface area (Å²) in [5.74, 6) is -0.551. The lowest BCUT2D eigenvalue weighted by Gasteiger charge is -2.40. The maximum Gasteiger partial charge on any atom is 0.403 e. The third kappa shape index (κ3) is 3.44. The molecule has 1 aliphatic rings. The summed E-state index contributed by atoms with van der Waals surface area (Å²) in [5.41, 5.74) is -1.10. The normalized spacial score (nSPS) is 24.3. The van der Waals surface area contributed by atoms with Crippen LogP contribution in [0.4, 0.5) is 4.79 Å². The largest absolute Gasteiger partial charge is 0.453 e. The molecule has 4 nitrogen and oxygen atoms in total. The molecule has 0 aromatic carbocycles. The second-order valence-corrected chi connectivity index (χ2v) is 4.62. The Morgan fingerprint density at radius 1 is 1.36 bits per heavy atom. The molecule has 14 heavy (non-hydrogen) atoms. The summed E-state index contributed by atoms with van der Waals surface area (Å²) in [6, 6.07) is 0. The van der Waals surface area contributed by atoms with Crippen LogP contribution in [0.2, 0.25) is 0 Å². The molecule has 82 valence electrons. The van der Waals surface area contributed by atoms with Gasteiger partial charge in [0.1, 0.15) is 6.61 Å². The fraction of sp³-hybridized carbons (Fsp3) is 0.889. The molecule has 0 radical (unpaired) electrons. The molecule has 0 aromatic heterocycles. The molecule has 1 aliphatic heterocycles. The Morgan fingerprint density at radius 2 is 1.86 bits per heavy atom. The minimum atomic E-state index is -0.795. The minimum Gasteiger partial charge on any atom is -0.453 e. The first-order valence-electron chi connectivity index (χ1n) is 4.43. The number of carbonyl (C=O) groups excluding carboxylic acids is 1. The smallest absolute Gasteiger partial charge is 0.403 e. The zero-order valence-corrected chi connectivity index (χ0v) is 9.39. The van der Waals surface area contributed by atoms with Crippen LogP contribution in [0.3, 0.4) is 0 Å². The van der Waals surface area contributed by atoms with Gasteiger partial charge in [0, 0.05) is 17.0 Å². The molecule has 0 bridgehead atoms. The summed E-state index contributed by atoms with van der Waals surface area (Å²) >= 11 is 5.07. The van der Waals surface area contributed by atoms with E-state index >= 15 is 0 Å². The number of ether oxygens (including phenoxy) is 3. The zero-order valence-electron chi connectivity index (χ0n) is 8.63. The summed E-state index contributed by atoms with van der Waals surface area (Å²) in [5, 5.41) is 0. The van der Waals surface area contributed by atoms with E-state index in [1.807, 2.05) is 20.8 Å². The van der Waals surface area contributed by atoms with Crippen LogP contribution in [-0.4, -0.2) is 31.0 Å². The molecule has 0 N–H and O–H groups in total. The number of hydrogen-bond acceptors (Lipinski definition) is 4. The maximum atomic E-state index is 10.4. The van der Waals surface area contributed by atoms with Crippen molar-refractivity contribution in [3.05, 3.63) is 0 Å². The van der Waals surface area contributed by atoms with Crippen molar-refractivity contribution < 1.29 is 19.0 Å². The number of halogens is 1. The van der Waals surface area contributed by atoms with E-state index in [0.717, 1.165) is 0 Å². The van der Waals surface area contributed by atoms with Crippen LogP contribution in [0, 0.1) is 5.41 Å². The Labute approximate surface area is 88.5 Å². The molecule has 0 aromatic rings. The van der Waals surface area contributed by atoms with E-state index in [9.17, 15) is 4.79 Å². The summed E-state index contributed by atoms with van der Waals surface area (Å²) in [6.07, 6.45) is 0. The number of carbonyl (C=O) groups is 1. The first-order chi connectivity index (χ1) is 6.33.